The van der Waals surface area contributed by atoms with Crippen LogP contribution in [0.1, 0.15) is 15.9 Å². The van der Waals surface area contributed by atoms with Gasteiger partial charge in [-0.1, -0.05) is 6.07 Å². The minimum Gasteiger partial charge on any atom is -0.352 e. The van der Waals surface area contributed by atoms with Gasteiger partial charge in [0.05, 0.1) is 0 Å². The Bertz CT molecular complexity index is 832. The molecule has 0 atom stereocenters. The van der Waals surface area contributed by atoms with Crippen molar-refractivity contribution in [1.29, 1.82) is 0 Å². The molecule has 1 N–H and O–H groups in total. The van der Waals surface area contributed by atoms with E-state index in [0.717, 1.165) is 17.8 Å². The van der Waals surface area contributed by atoms with E-state index in [-0.39, 0.29) is 5.91 Å². The lowest BCUT2D eigenvalue weighted by molar-refractivity contribution is 0.0954. The van der Waals surface area contributed by atoms with Crippen LogP contribution in [0.25, 0.3) is 5.69 Å². The average Bonchev–Trinajstić information content (AvgIpc) is 3.13. The molecule has 1 heterocycles. The van der Waals surface area contributed by atoms with Crippen molar-refractivity contribution in [2.24, 2.45) is 0 Å². The summed E-state index contributed by atoms with van der Waals surface area (Å²) in [6.45, 7) is 0.330. The normalized spacial score (nSPS) is 10.6. The van der Waals surface area contributed by atoms with E-state index in [9.17, 15) is 13.6 Å². The van der Waals surface area contributed by atoms with Crippen LogP contribution in [0.4, 0.5) is 8.78 Å². The number of aromatic nitrogens is 3. The van der Waals surface area contributed by atoms with Gasteiger partial charge < -0.3 is 5.32 Å². The highest BCUT2D eigenvalue weighted by Gasteiger charge is 2.07. The number of halogens is 2. The van der Waals surface area contributed by atoms with Gasteiger partial charge in [-0.15, -0.1) is 10.2 Å². The van der Waals surface area contributed by atoms with Crippen LogP contribution in [-0.2, 0) is 6.42 Å². The predicted molar refractivity (Wildman–Crippen MR) is 83.8 cm³/mol. The van der Waals surface area contributed by atoms with Crippen LogP contribution in [-0.4, -0.2) is 27.2 Å². The first-order valence-electron chi connectivity index (χ1n) is 7.30. The van der Waals surface area contributed by atoms with E-state index in [4.69, 9.17) is 0 Å². The van der Waals surface area contributed by atoms with Crippen molar-refractivity contribution in [3.8, 4) is 5.69 Å². The van der Waals surface area contributed by atoms with Crippen molar-refractivity contribution in [2.75, 3.05) is 6.54 Å². The number of amides is 1. The molecule has 5 nitrogen and oxygen atoms in total. The highest BCUT2D eigenvalue weighted by molar-refractivity contribution is 5.94. The first-order chi connectivity index (χ1) is 11.6. The molecule has 0 spiro atoms. The maximum Gasteiger partial charge on any atom is 0.251 e. The Morgan fingerprint density at radius 2 is 1.71 bits per heavy atom. The molecule has 0 aliphatic rings. The van der Waals surface area contributed by atoms with E-state index in [2.05, 4.69) is 15.5 Å². The molecule has 0 bridgehead atoms. The van der Waals surface area contributed by atoms with Gasteiger partial charge in [0.1, 0.15) is 12.7 Å². The van der Waals surface area contributed by atoms with Gasteiger partial charge in [0, 0.05) is 17.8 Å². The molecule has 3 rings (SSSR count). The summed E-state index contributed by atoms with van der Waals surface area (Å²) in [7, 11) is 0. The number of carbonyl (C=O) groups is 1. The maximum absolute atomic E-state index is 13.1. The molecule has 7 heteroatoms. The smallest absolute Gasteiger partial charge is 0.251 e. The molecule has 1 aromatic heterocycles. The standard InChI is InChI=1S/C17H14F2N4O/c18-15-6-1-12(9-16(15)19)7-8-20-17(24)13-2-4-14(5-3-13)23-10-21-22-11-23/h1-6,9-11H,7-8H2,(H,20,24). The largest absolute Gasteiger partial charge is 0.352 e. The first-order valence-corrected chi connectivity index (χ1v) is 7.30. The quantitative estimate of drug-likeness (QED) is 0.783. The average molecular weight is 328 g/mol. The number of hydrogen-bond acceptors (Lipinski definition) is 3. The molecule has 0 aliphatic heterocycles. The Kier molecular flexibility index (Phi) is 4.60. The number of nitrogens with one attached hydrogen (secondary N) is 1. The van der Waals surface area contributed by atoms with Gasteiger partial charge in [0.25, 0.3) is 5.91 Å². The fourth-order valence-corrected chi connectivity index (χ4v) is 2.24. The van der Waals surface area contributed by atoms with Gasteiger partial charge in [0.15, 0.2) is 11.6 Å². The molecule has 0 saturated heterocycles. The Hall–Kier alpha value is -3.09. The summed E-state index contributed by atoms with van der Waals surface area (Å²) in [5, 5.41) is 10.2. The van der Waals surface area contributed by atoms with Crippen molar-refractivity contribution in [1.82, 2.24) is 20.1 Å². The summed E-state index contributed by atoms with van der Waals surface area (Å²) < 4.78 is 27.7. The summed E-state index contributed by atoms with van der Waals surface area (Å²) >= 11 is 0. The second kappa shape index (κ2) is 6.99. The molecular formula is C17H14F2N4O. The van der Waals surface area contributed by atoms with Gasteiger partial charge in [-0.05, 0) is 48.4 Å². The van der Waals surface area contributed by atoms with Crippen molar-refractivity contribution in [2.45, 2.75) is 6.42 Å². The van der Waals surface area contributed by atoms with Crippen LogP contribution in [0.5, 0.6) is 0 Å². The van der Waals surface area contributed by atoms with E-state index in [1.54, 1.807) is 41.5 Å². The molecule has 0 aliphatic carbocycles. The fraction of sp³-hybridized carbons (Fsp3) is 0.118. The van der Waals surface area contributed by atoms with Crippen LogP contribution in [0, 0.1) is 11.6 Å². The summed E-state index contributed by atoms with van der Waals surface area (Å²) in [6, 6.07) is 10.7. The van der Waals surface area contributed by atoms with Crippen LogP contribution >= 0.6 is 0 Å². The Labute approximate surface area is 137 Å². The van der Waals surface area contributed by atoms with Gasteiger partial charge in [-0.2, -0.15) is 0 Å². The third-order valence-electron chi connectivity index (χ3n) is 3.53. The van der Waals surface area contributed by atoms with E-state index < -0.39 is 11.6 Å². The van der Waals surface area contributed by atoms with Gasteiger partial charge in [-0.25, -0.2) is 8.78 Å². The highest BCUT2D eigenvalue weighted by atomic mass is 19.2. The summed E-state index contributed by atoms with van der Waals surface area (Å²) in [5.41, 5.74) is 1.98. The molecule has 2 aromatic carbocycles. The van der Waals surface area contributed by atoms with Crippen LogP contribution in [0.3, 0.4) is 0 Å². The Morgan fingerprint density at radius 3 is 2.38 bits per heavy atom. The first kappa shape index (κ1) is 15.8. The van der Waals surface area contributed by atoms with Crippen molar-refractivity contribution < 1.29 is 13.6 Å². The number of carbonyl (C=O) groups excluding carboxylic acids is 1. The Balaban J connectivity index is 1.56. The molecule has 0 fully saturated rings. The van der Waals surface area contributed by atoms with E-state index in [1.807, 2.05) is 0 Å². The topological polar surface area (TPSA) is 59.8 Å². The lowest BCUT2D eigenvalue weighted by Gasteiger charge is -2.07. The second-order valence-corrected chi connectivity index (χ2v) is 5.17. The van der Waals surface area contributed by atoms with Gasteiger partial charge in [-0.3, -0.25) is 9.36 Å². The number of hydrogen-bond donors (Lipinski definition) is 1. The molecule has 0 saturated carbocycles. The molecule has 0 radical (unpaired) electrons. The van der Waals surface area contributed by atoms with Gasteiger partial charge in [0.2, 0.25) is 0 Å². The number of nitrogens with zero attached hydrogens (tertiary/aromatic N) is 3. The highest BCUT2D eigenvalue weighted by Crippen LogP contribution is 2.10. The van der Waals surface area contributed by atoms with Crippen LogP contribution < -0.4 is 5.32 Å². The minimum atomic E-state index is -0.886. The van der Waals surface area contributed by atoms with E-state index in [0.29, 0.717) is 24.1 Å². The lowest BCUT2D eigenvalue weighted by Crippen LogP contribution is -2.25. The van der Waals surface area contributed by atoms with Crippen molar-refractivity contribution in [3.63, 3.8) is 0 Å². The Morgan fingerprint density at radius 1 is 1.00 bits per heavy atom. The molecule has 3 aromatic rings. The van der Waals surface area contributed by atoms with Crippen LogP contribution in [0.2, 0.25) is 0 Å². The zero-order chi connectivity index (χ0) is 16.9. The maximum atomic E-state index is 13.1. The van der Waals surface area contributed by atoms with Crippen molar-refractivity contribution in [3.05, 3.63) is 77.9 Å². The van der Waals surface area contributed by atoms with Crippen molar-refractivity contribution >= 4 is 5.91 Å². The number of benzene rings is 2. The minimum absolute atomic E-state index is 0.229. The number of rotatable bonds is 5. The third-order valence-corrected chi connectivity index (χ3v) is 3.53. The SMILES string of the molecule is O=C(NCCc1ccc(F)c(F)c1)c1ccc(-n2cnnc2)cc1. The van der Waals surface area contributed by atoms with Crippen LogP contribution in [0.15, 0.2) is 55.1 Å². The van der Waals surface area contributed by atoms with E-state index in [1.165, 1.54) is 6.07 Å². The molecular weight excluding hydrogens is 314 g/mol. The zero-order valence-corrected chi connectivity index (χ0v) is 12.6. The molecule has 122 valence electrons. The van der Waals surface area contributed by atoms with E-state index >= 15 is 0 Å². The molecule has 1 amide bonds. The fourth-order valence-electron chi connectivity index (χ4n) is 2.24. The molecule has 0 unspecified atom stereocenters. The summed E-state index contributed by atoms with van der Waals surface area (Å²) in [6.07, 6.45) is 3.55. The third kappa shape index (κ3) is 3.62. The summed E-state index contributed by atoms with van der Waals surface area (Å²) in [4.78, 5) is 12.1. The van der Waals surface area contributed by atoms with Gasteiger partial charge >= 0.3 is 0 Å². The lowest BCUT2D eigenvalue weighted by atomic mass is 10.1. The predicted octanol–water partition coefficient (Wildman–Crippen LogP) is 2.52. The summed E-state index contributed by atoms with van der Waals surface area (Å²) in [5.74, 6) is -1.99. The zero-order valence-electron chi connectivity index (χ0n) is 12.6. The molecule has 24 heavy (non-hydrogen) atoms. The monoisotopic (exact) mass is 328 g/mol. The second-order valence-electron chi connectivity index (χ2n) is 5.17.